The van der Waals surface area contributed by atoms with Crippen LogP contribution in [0.15, 0.2) is 24.3 Å². The largest absolute Gasteiger partial charge is 0.378 e. The maximum Gasteiger partial charge on any atom is 0.234 e. The van der Waals surface area contributed by atoms with E-state index in [1.54, 1.807) is 0 Å². The Kier molecular flexibility index (Phi) is 3.83. The molecule has 1 aromatic carbocycles. The highest BCUT2D eigenvalue weighted by atomic mass is 32.1. The van der Waals surface area contributed by atoms with Crippen LogP contribution in [0.3, 0.4) is 0 Å². The quantitative estimate of drug-likeness (QED) is 0.743. The molecule has 0 unspecified atom stereocenters. The van der Waals surface area contributed by atoms with Gasteiger partial charge < -0.3 is 10.2 Å². The van der Waals surface area contributed by atoms with Gasteiger partial charge in [0.2, 0.25) is 5.91 Å². The fourth-order valence-electron chi connectivity index (χ4n) is 1.06. The molecule has 0 aliphatic rings. The van der Waals surface area contributed by atoms with Crippen LogP contribution in [0.1, 0.15) is 0 Å². The molecule has 0 spiro atoms. The van der Waals surface area contributed by atoms with E-state index in [1.165, 1.54) is 0 Å². The summed E-state index contributed by atoms with van der Waals surface area (Å²) in [7, 11) is 3.92. The first kappa shape index (κ1) is 10.9. The molecule has 1 aromatic rings. The van der Waals surface area contributed by atoms with Crippen LogP contribution in [0.4, 0.5) is 11.4 Å². The van der Waals surface area contributed by atoms with E-state index in [1.807, 2.05) is 43.3 Å². The summed E-state index contributed by atoms with van der Waals surface area (Å²) >= 11 is 3.89. The minimum atomic E-state index is -0.0933. The maximum atomic E-state index is 11.1. The second-order valence-corrected chi connectivity index (χ2v) is 3.47. The Bertz CT molecular complexity index is 326. The van der Waals surface area contributed by atoms with Crippen molar-refractivity contribution < 1.29 is 4.79 Å². The van der Waals surface area contributed by atoms with Crippen LogP contribution in [0.2, 0.25) is 0 Å². The first-order valence-corrected chi connectivity index (χ1v) is 4.95. The Hall–Kier alpha value is -1.16. The third-order valence-electron chi connectivity index (χ3n) is 1.79. The van der Waals surface area contributed by atoms with Gasteiger partial charge in [0.15, 0.2) is 0 Å². The zero-order valence-electron chi connectivity index (χ0n) is 8.32. The Balaban J connectivity index is 2.78. The average molecular weight is 210 g/mol. The van der Waals surface area contributed by atoms with Gasteiger partial charge in [0.25, 0.3) is 0 Å². The molecule has 0 aliphatic heterocycles. The van der Waals surface area contributed by atoms with Crippen molar-refractivity contribution >= 4 is 29.9 Å². The van der Waals surface area contributed by atoms with Crippen molar-refractivity contribution in [3.05, 3.63) is 24.3 Å². The first-order chi connectivity index (χ1) is 6.63. The Morgan fingerprint density at radius 2 is 2.21 bits per heavy atom. The molecule has 0 atom stereocenters. The number of rotatable bonds is 3. The Labute approximate surface area is 89.5 Å². The summed E-state index contributed by atoms with van der Waals surface area (Å²) in [6.45, 7) is 0. The predicted molar refractivity (Wildman–Crippen MR) is 63.3 cm³/mol. The molecule has 76 valence electrons. The fourth-order valence-corrected chi connectivity index (χ4v) is 1.14. The molecule has 0 aromatic heterocycles. The molecule has 4 heteroatoms. The Morgan fingerprint density at radius 1 is 1.50 bits per heavy atom. The second-order valence-electron chi connectivity index (χ2n) is 3.15. The van der Waals surface area contributed by atoms with E-state index in [0.717, 1.165) is 11.4 Å². The summed E-state index contributed by atoms with van der Waals surface area (Å²) in [5.74, 6) is 0.107. The zero-order chi connectivity index (χ0) is 10.6. The minimum absolute atomic E-state index is 0.0933. The first-order valence-electron chi connectivity index (χ1n) is 4.31. The van der Waals surface area contributed by atoms with Crippen molar-refractivity contribution in [2.24, 2.45) is 0 Å². The Morgan fingerprint density at radius 3 is 2.79 bits per heavy atom. The van der Waals surface area contributed by atoms with Crippen molar-refractivity contribution in [3.8, 4) is 0 Å². The van der Waals surface area contributed by atoms with Crippen LogP contribution < -0.4 is 10.2 Å². The SMILES string of the molecule is CN(C)c1cccc(NC(=O)CS)c1. The fraction of sp³-hybridized carbons (Fsp3) is 0.300. The molecule has 0 fully saturated rings. The molecule has 3 nitrogen and oxygen atoms in total. The lowest BCUT2D eigenvalue weighted by atomic mass is 10.2. The van der Waals surface area contributed by atoms with Gasteiger partial charge in [0.05, 0.1) is 5.75 Å². The lowest BCUT2D eigenvalue weighted by Gasteiger charge is -2.13. The van der Waals surface area contributed by atoms with E-state index in [9.17, 15) is 4.79 Å². The van der Waals surface area contributed by atoms with E-state index in [2.05, 4.69) is 17.9 Å². The van der Waals surface area contributed by atoms with Crippen LogP contribution in [-0.2, 0) is 4.79 Å². The molecule has 1 amide bonds. The van der Waals surface area contributed by atoms with E-state index in [0.29, 0.717) is 0 Å². The number of carbonyl (C=O) groups excluding carboxylic acids is 1. The molecule has 0 saturated carbocycles. The summed E-state index contributed by atoms with van der Waals surface area (Å²) in [6, 6.07) is 7.66. The van der Waals surface area contributed by atoms with Crippen LogP contribution >= 0.6 is 12.6 Å². The third-order valence-corrected chi connectivity index (χ3v) is 2.08. The standard InChI is InChI=1S/C10H14N2OS/c1-12(2)9-5-3-4-8(6-9)11-10(13)7-14/h3-6,14H,7H2,1-2H3,(H,11,13). The number of nitrogens with one attached hydrogen (secondary N) is 1. The van der Waals surface area contributed by atoms with Crippen molar-refractivity contribution in [2.75, 3.05) is 30.1 Å². The van der Waals surface area contributed by atoms with Gasteiger partial charge in [0, 0.05) is 25.5 Å². The molecular formula is C10H14N2OS. The molecule has 0 aliphatic carbocycles. The van der Waals surface area contributed by atoms with Crippen LogP contribution in [0, 0.1) is 0 Å². The van der Waals surface area contributed by atoms with Gasteiger partial charge in [-0.2, -0.15) is 12.6 Å². The van der Waals surface area contributed by atoms with Gasteiger partial charge >= 0.3 is 0 Å². The summed E-state index contributed by atoms with van der Waals surface area (Å²) in [4.78, 5) is 13.0. The van der Waals surface area contributed by atoms with Crippen LogP contribution in [0.5, 0.6) is 0 Å². The number of thiol groups is 1. The topological polar surface area (TPSA) is 32.3 Å². The summed E-state index contributed by atoms with van der Waals surface area (Å²) < 4.78 is 0. The molecule has 0 heterocycles. The number of nitrogens with zero attached hydrogens (tertiary/aromatic N) is 1. The normalized spacial score (nSPS) is 9.64. The van der Waals surface area contributed by atoms with Crippen molar-refractivity contribution in [2.45, 2.75) is 0 Å². The molecule has 1 rings (SSSR count). The van der Waals surface area contributed by atoms with Crippen molar-refractivity contribution in [1.29, 1.82) is 0 Å². The van der Waals surface area contributed by atoms with Gasteiger partial charge in [-0.25, -0.2) is 0 Å². The third kappa shape index (κ3) is 2.96. The number of hydrogen-bond acceptors (Lipinski definition) is 3. The second kappa shape index (κ2) is 4.91. The molecule has 0 saturated heterocycles. The van der Waals surface area contributed by atoms with Gasteiger partial charge in [-0.15, -0.1) is 0 Å². The molecular weight excluding hydrogens is 196 g/mol. The smallest absolute Gasteiger partial charge is 0.234 e. The number of anilines is 2. The lowest BCUT2D eigenvalue weighted by Crippen LogP contribution is -2.13. The van der Waals surface area contributed by atoms with Crippen LogP contribution in [0.25, 0.3) is 0 Å². The molecule has 0 radical (unpaired) electrons. The highest BCUT2D eigenvalue weighted by molar-refractivity contribution is 7.81. The monoisotopic (exact) mass is 210 g/mol. The highest BCUT2D eigenvalue weighted by Gasteiger charge is 2.00. The average Bonchev–Trinajstić information content (AvgIpc) is 2.18. The molecule has 0 bridgehead atoms. The van der Waals surface area contributed by atoms with E-state index in [-0.39, 0.29) is 11.7 Å². The van der Waals surface area contributed by atoms with Crippen LogP contribution in [-0.4, -0.2) is 25.8 Å². The maximum absolute atomic E-state index is 11.1. The van der Waals surface area contributed by atoms with Gasteiger partial charge in [-0.3, -0.25) is 4.79 Å². The number of hydrogen-bond donors (Lipinski definition) is 2. The molecule has 14 heavy (non-hydrogen) atoms. The highest BCUT2D eigenvalue weighted by Crippen LogP contribution is 2.16. The summed E-state index contributed by atoms with van der Waals surface area (Å²) in [5, 5.41) is 2.74. The van der Waals surface area contributed by atoms with E-state index < -0.39 is 0 Å². The zero-order valence-corrected chi connectivity index (χ0v) is 9.21. The van der Waals surface area contributed by atoms with Crippen molar-refractivity contribution in [3.63, 3.8) is 0 Å². The molecule has 1 N–H and O–H groups in total. The lowest BCUT2D eigenvalue weighted by molar-refractivity contribution is -0.113. The van der Waals surface area contributed by atoms with Gasteiger partial charge in [-0.05, 0) is 18.2 Å². The van der Waals surface area contributed by atoms with Gasteiger partial charge in [-0.1, -0.05) is 6.07 Å². The number of carbonyl (C=O) groups is 1. The summed E-state index contributed by atoms with van der Waals surface area (Å²) in [5.41, 5.74) is 1.86. The summed E-state index contributed by atoms with van der Waals surface area (Å²) in [6.07, 6.45) is 0. The van der Waals surface area contributed by atoms with Gasteiger partial charge in [0.1, 0.15) is 0 Å². The number of amides is 1. The number of benzene rings is 1. The van der Waals surface area contributed by atoms with E-state index in [4.69, 9.17) is 0 Å². The predicted octanol–water partition coefficient (Wildman–Crippen LogP) is 1.62. The van der Waals surface area contributed by atoms with E-state index >= 15 is 0 Å². The minimum Gasteiger partial charge on any atom is -0.378 e. The van der Waals surface area contributed by atoms with Crippen molar-refractivity contribution in [1.82, 2.24) is 0 Å².